The Hall–Kier alpha value is -3.19. The van der Waals surface area contributed by atoms with Crippen molar-refractivity contribution >= 4 is 32.3 Å². The third kappa shape index (κ3) is 3.88. The van der Waals surface area contributed by atoms with Crippen molar-refractivity contribution in [1.29, 1.82) is 0 Å². The molecule has 0 amide bonds. The summed E-state index contributed by atoms with van der Waals surface area (Å²) >= 11 is 0. The second kappa shape index (κ2) is 8.39. The van der Waals surface area contributed by atoms with Crippen LogP contribution in [0, 0.1) is 11.8 Å². The number of benzene rings is 4. The lowest BCUT2D eigenvalue weighted by Crippen LogP contribution is -2.00. The normalized spacial score (nSPS) is 13.5. The van der Waals surface area contributed by atoms with Gasteiger partial charge in [-0.2, -0.15) is 0 Å². The van der Waals surface area contributed by atoms with Crippen LogP contribution in [0.4, 0.5) is 0 Å². The fraction of sp³-hybridized carbons (Fsp3) is 0.258. The second-order valence-corrected chi connectivity index (χ2v) is 9.51. The second-order valence-electron chi connectivity index (χ2n) is 9.51. The molecule has 0 aliphatic heterocycles. The topological polar surface area (TPSA) is 12.9 Å². The Balaban J connectivity index is 1.73. The molecule has 0 N–H and O–H groups in total. The molecule has 0 fully saturated rings. The Labute approximate surface area is 193 Å². The Morgan fingerprint density at radius 1 is 0.656 bits per heavy atom. The van der Waals surface area contributed by atoms with E-state index in [-0.39, 0.29) is 0 Å². The monoisotopic (exact) mass is 419 g/mol. The molecule has 0 radical (unpaired) electrons. The Bertz CT molecular complexity index is 1490. The van der Waals surface area contributed by atoms with Crippen molar-refractivity contribution in [2.45, 2.75) is 40.5 Å². The first-order valence-corrected chi connectivity index (χ1v) is 11.4. The van der Waals surface area contributed by atoms with E-state index >= 15 is 0 Å². The minimum Gasteiger partial charge on any atom is -0.256 e. The molecule has 0 spiro atoms. The first-order valence-electron chi connectivity index (χ1n) is 12.4. The number of rotatable bonds is 5. The lowest BCUT2D eigenvalue weighted by atomic mass is 9.91. The molecule has 0 saturated heterocycles. The zero-order valence-electron chi connectivity index (χ0n) is 21.4. The van der Waals surface area contributed by atoms with Crippen molar-refractivity contribution in [3.05, 3.63) is 90.1 Å². The summed E-state index contributed by atoms with van der Waals surface area (Å²) in [5.74, 6) is -1.12. The highest BCUT2D eigenvalue weighted by atomic mass is 14.7. The fourth-order valence-corrected chi connectivity index (χ4v) is 4.90. The van der Waals surface area contributed by atoms with Crippen LogP contribution in [0.25, 0.3) is 43.6 Å². The van der Waals surface area contributed by atoms with Crippen LogP contribution in [0.15, 0.2) is 79.0 Å². The molecule has 0 aliphatic rings. The van der Waals surface area contributed by atoms with Crippen LogP contribution in [0.3, 0.4) is 0 Å². The molecular weight excluding hydrogens is 386 g/mol. The van der Waals surface area contributed by atoms with Gasteiger partial charge in [-0.25, -0.2) is 0 Å². The Kier molecular flexibility index (Phi) is 4.82. The molecule has 5 rings (SSSR count). The van der Waals surface area contributed by atoms with Crippen molar-refractivity contribution < 1.29 is 2.74 Å². The summed E-state index contributed by atoms with van der Waals surface area (Å²) in [6.45, 7) is 7.78. The van der Waals surface area contributed by atoms with Gasteiger partial charge in [-0.3, -0.25) is 4.98 Å². The smallest absolute Gasteiger partial charge is 0.0780 e. The maximum absolute atomic E-state index is 8.43. The maximum atomic E-state index is 8.43. The summed E-state index contributed by atoms with van der Waals surface area (Å²) in [7, 11) is 0. The van der Waals surface area contributed by atoms with Crippen molar-refractivity contribution in [2.75, 3.05) is 0 Å². The third-order valence-electron chi connectivity index (χ3n) is 6.11. The average Bonchev–Trinajstić information content (AvgIpc) is 2.75. The minimum absolute atomic E-state index is 0.560. The van der Waals surface area contributed by atoms with E-state index in [4.69, 9.17) is 7.73 Å². The predicted molar refractivity (Wildman–Crippen MR) is 139 cm³/mol. The summed E-state index contributed by atoms with van der Waals surface area (Å²) in [5, 5.41) is 7.32. The van der Waals surface area contributed by atoms with E-state index in [1.807, 2.05) is 33.9 Å². The summed E-state index contributed by atoms with van der Waals surface area (Å²) in [5.41, 5.74) is 4.28. The molecule has 0 aliphatic carbocycles. The predicted octanol–water partition coefficient (Wildman–Crippen LogP) is 8.61. The summed E-state index contributed by atoms with van der Waals surface area (Å²) in [6.07, 6.45) is 3.22. The molecular formula is C31H31N. The van der Waals surface area contributed by atoms with Gasteiger partial charge in [0.25, 0.3) is 0 Å². The largest absolute Gasteiger partial charge is 0.256 e. The van der Waals surface area contributed by atoms with E-state index < -0.39 is 11.8 Å². The van der Waals surface area contributed by atoms with E-state index in [0.717, 1.165) is 27.8 Å². The standard InChI is InChI=1S/C31H31N/c1-20(2)15-22-17-23(16-21(3)4)19-25(18-22)31-30-12-11-27-26-8-6-5-7-24(26)9-10-28(27)29(30)13-14-32-31/h5-14,17-21H,15-16H2,1-4H3/i20D,21D. The molecule has 32 heavy (non-hydrogen) atoms. The average molecular weight is 420 g/mol. The molecule has 4 aromatic carbocycles. The molecule has 0 atom stereocenters. The minimum atomic E-state index is -0.560. The first kappa shape index (κ1) is 18.4. The fourth-order valence-electron chi connectivity index (χ4n) is 4.90. The van der Waals surface area contributed by atoms with Gasteiger partial charge in [0.05, 0.1) is 5.69 Å². The van der Waals surface area contributed by atoms with Crippen LogP contribution in [0.1, 0.15) is 41.6 Å². The number of hydrogen-bond donors (Lipinski definition) is 0. The van der Waals surface area contributed by atoms with Gasteiger partial charge in [-0.05, 0) is 80.9 Å². The van der Waals surface area contributed by atoms with E-state index in [1.165, 1.54) is 26.9 Å². The van der Waals surface area contributed by atoms with Crippen LogP contribution in [0.2, 0.25) is 0 Å². The van der Waals surface area contributed by atoms with Crippen LogP contribution >= 0.6 is 0 Å². The highest BCUT2D eigenvalue weighted by molar-refractivity contribution is 6.18. The van der Waals surface area contributed by atoms with Crippen molar-refractivity contribution in [3.63, 3.8) is 0 Å². The van der Waals surface area contributed by atoms with Crippen LogP contribution < -0.4 is 0 Å². The SMILES string of the molecule is [2H]C(C)(C)Cc1cc(CC([2H])(C)C)cc(-c2nccc3c2ccc2c4ccccc4ccc32)c1. The first-order chi connectivity index (χ1) is 16.1. The molecule has 1 heterocycles. The Morgan fingerprint density at radius 2 is 1.25 bits per heavy atom. The van der Waals surface area contributed by atoms with Gasteiger partial charge >= 0.3 is 0 Å². The molecule has 5 aromatic rings. The summed E-state index contributed by atoms with van der Waals surface area (Å²) in [4.78, 5) is 4.83. The molecule has 1 heteroatoms. The van der Waals surface area contributed by atoms with E-state index in [9.17, 15) is 0 Å². The Morgan fingerprint density at radius 3 is 1.97 bits per heavy atom. The van der Waals surface area contributed by atoms with Crippen LogP contribution in [-0.2, 0) is 12.8 Å². The number of pyridine rings is 1. The molecule has 0 bridgehead atoms. The van der Waals surface area contributed by atoms with Gasteiger partial charge in [0.1, 0.15) is 0 Å². The third-order valence-corrected chi connectivity index (χ3v) is 6.11. The van der Waals surface area contributed by atoms with E-state index in [0.29, 0.717) is 12.8 Å². The van der Waals surface area contributed by atoms with Crippen LogP contribution in [-0.4, -0.2) is 4.98 Å². The zero-order chi connectivity index (χ0) is 24.1. The number of aromatic nitrogens is 1. The lowest BCUT2D eigenvalue weighted by Gasteiger charge is -2.15. The van der Waals surface area contributed by atoms with Crippen molar-refractivity contribution in [1.82, 2.24) is 4.98 Å². The summed E-state index contributed by atoms with van der Waals surface area (Å²) in [6, 6.07) is 26.0. The zero-order valence-corrected chi connectivity index (χ0v) is 19.4. The quantitative estimate of drug-likeness (QED) is 0.260. The molecule has 160 valence electrons. The van der Waals surface area contributed by atoms with Gasteiger partial charge in [0, 0.05) is 19.9 Å². The lowest BCUT2D eigenvalue weighted by molar-refractivity contribution is 0.636. The van der Waals surface area contributed by atoms with Gasteiger partial charge in [0.15, 0.2) is 0 Å². The summed E-state index contributed by atoms with van der Waals surface area (Å²) < 4.78 is 16.9. The molecule has 0 unspecified atom stereocenters. The number of fused-ring (bicyclic) bond motifs is 5. The van der Waals surface area contributed by atoms with Crippen molar-refractivity contribution in [2.24, 2.45) is 11.8 Å². The van der Waals surface area contributed by atoms with Gasteiger partial charge in [-0.1, -0.05) is 82.3 Å². The van der Waals surface area contributed by atoms with Crippen LogP contribution in [0.5, 0.6) is 0 Å². The maximum Gasteiger partial charge on any atom is 0.0780 e. The highest BCUT2D eigenvalue weighted by Crippen LogP contribution is 2.35. The van der Waals surface area contributed by atoms with Gasteiger partial charge in [-0.15, -0.1) is 0 Å². The van der Waals surface area contributed by atoms with Crippen molar-refractivity contribution in [3.8, 4) is 11.3 Å². The van der Waals surface area contributed by atoms with E-state index in [2.05, 4.69) is 72.8 Å². The molecule has 1 nitrogen and oxygen atoms in total. The number of hydrogen-bond acceptors (Lipinski definition) is 1. The molecule has 0 saturated carbocycles. The number of nitrogens with zero attached hydrogens (tertiary/aromatic N) is 1. The molecule has 1 aromatic heterocycles. The van der Waals surface area contributed by atoms with E-state index in [1.54, 1.807) is 0 Å². The highest BCUT2D eigenvalue weighted by Gasteiger charge is 2.12. The van der Waals surface area contributed by atoms with Gasteiger partial charge < -0.3 is 0 Å². The van der Waals surface area contributed by atoms with Gasteiger partial charge in [0.2, 0.25) is 0 Å².